The Morgan fingerprint density at radius 3 is 2.57 bits per heavy atom. The van der Waals surface area contributed by atoms with E-state index in [1.807, 2.05) is 20.8 Å². The molecule has 0 saturated carbocycles. The summed E-state index contributed by atoms with van der Waals surface area (Å²) in [6, 6.07) is 5.88. The number of nitrogens with one attached hydrogen (secondary N) is 3. The molecule has 2 rings (SSSR count). The molecule has 1 heterocycles. The molecule has 1 aliphatic rings. The fourth-order valence-electron chi connectivity index (χ4n) is 2.86. The number of halogens is 1. The van der Waals surface area contributed by atoms with Crippen LogP contribution in [0.1, 0.15) is 20.8 Å². The first-order chi connectivity index (χ1) is 10.9. The van der Waals surface area contributed by atoms with Crippen molar-refractivity contribution in [3.05, 3.63) is 41.4 Å². The van der Waals surface area contributed by atoms with E-state index in [0.717, 1.165) is 11.3 Å². The topological polar surface area (TPSA) is 70.2 Å². The van der Waals surface area contributed by atoms with E-state index in [4.69, 9.17) is 0 Å². The van der Waals surface area contributed by atoms with Gasteiger partial charge in [-0.2, -0.15) is 0 Å². The maximum absolute atomic E-state index is 12.9. The lowest BCUT2D eigenvalue weighted by Crippen LogP contribution is -2.37. The predicted molar refractivity (Wildman–Crippen MR) is 87.0 cm³/mol. The Balaban J connectivity index is 2.15. The Hall–Kier alpha value is -2.21. The van der Waals surface area contributed by atoms with Crippen molar-refractivity contribution >= 4 is 17.8 Å². The van der Waals surface area contributed by atoms with Crippen LogP contribution in [0, 0.1) is 17.7 Å². The molecule has 3 N–H and O–H groups in total. The average molecular weight is 319 g/mol. The fourth-order valence-corrected chi connectivity index (χ4v) is 2.86. The van der Waals surface area contributed by atoms with Gasteiger partial charge in [-0.1, -0.05) is 13.8 Å². The minimum absolute atomic E-state index is 0.0507. The Bertz CT molecular complexity index is 611. The number of allylic oxidation sites excluding steroid dienone is 1. The molecule has 1 aliphatic heterocycles. The van der Waals surface area contributed by atoms with E-state index in [1.165, 1.54) is 12.1 Å². The zero-order valence-corrected chi connectivity index (χ0v) is 13.5. The van der Waals surface area contributed by atoms with Crippen LogP contribution in [0.5, 0.6) is 0 Å². The van der Waals surface area contributed by atoms with Crippen molar-refractivity contribution < 1.29 is 14.0 Å². The number of anilines is 1. The summed E-state index contributed by atoms with van der Waals surface area (Å²) in [6.45, 7) is 6.44. The molecular weight excluding hydrogens is 297 g/mol. The van der Waals surface area contributed by atoms with Gasteiger partial charge in [0.15, 0.2) is 6.29 Å². The van der Waals surface area contributed by atoms with Crippen LogP contribution in [-0.4, -0.2) is 24.7 Å². The number of hydrogen-bond acceptors (Lipinski definition) is 5. The quantitative estimate of drug-likeness (QED) is 0.425. The number of benzene rings is 1. The van der Waals surface area contributed by atoms with Crippen molar-refractivity contribution in [2.24, 2.45) is 11.8 Å². The van der Waals surface area contributed by atoms with E-state index >= 15 is 0 Å². The smallest absolute Gasteiger partial charge is 0.203 e. The van der Waals surface area contributed by atoms with Crippen molar-refractivity contribution in [3.8, 4) is 0 Å². The van der Waals surface area contributed by atoms with Gasteiger partial charge in [0.2, 0.25) is 5.78 Å². The van der Waals surface area contributed by atoms with Gasteiger partial charge in [0.1, 0.15) is 5.82 Å². The first kappa shape index (κ1) is 17.1. The third-order valence-electron chi connectivity index (χ3n) is 4.12. The van der Waals surface area contributed by atoms with E-state index in [0.29, 0.717) is 18.5 Å². The van der Waals surface area contributed by atoms with Crippen LogP contribution < -0.4 is 16.2 Å². The standard InChI is InChI=1S/C17H22FN3O2/c1-10(2)17-16(15(23)9-22)14(8-19-17)11(3)20-21-13-6-4-12(18)5-7-13/h4-7,9-10,16-17,19-21H,8H2,1-3H3. The lowest BCUT2D eigenvalue weighted by Gasteiger charge is -2.22. The molecule has 1 aromatic rings. The highest BCUT2D eigenvalue weighted by atomic mass is 19.1. The fraction of sp³-hybridized carbons (Fsp3) is 0.412. The number of Topliss-reactive ketones (excluding diaryl/α,β-unsaturated/α-hetero) is 1. The molecule has 0 bridgehead atoms. The number of hydrazine groups is 1. The summed E-state index contributed by atoms with van der Waals surface area (Å²) in [7, 11) is 0. The summed E-state index contributed by atoms with van der Waals surface area (Å²) >= 11 is 0. The van der Waals surface area contributed by atoms with Crippen LogP contribution in [0.2, 0.25) is 0 Å². The van der Waals surface area contributed by atoms with Gasteiger partial charge in [0.25, 0.3) is 0 Å². The second-order valence-corrected chi connectivity index (χ2v) is 6.06. The SMILES string of the molecule is CC(NNc1ccc(F)cc1)=C1CNC(C(C)C)C1C(=O)C=O. The third kappa shape index (κ3) is 3.96. The molecule has 23 heavy (non-hydrogen) atoms. The maximum Gasteiger partial charge on any atom is 0.203 e. The molecule has 6 heteroatoms. The van der Waals surface area contributed by atoms with Crippen LogP contribution in [-0.2, 0) is 9.59 Å². The summed E-state index contributed by atoms with van der Waals surface area (Å²) in [5.41, 5.74) is 8.35. The van der Waals surface area contributed by atoms with Crippen LogP contribution >= 0.6 is 0 Å². The summed E-state index contributed by atoms with van der Waals surface area (Å²) in [5, 5.41) is 3.30. The van der Waals surface area contributed by atoms with Gasteiger partial charge in [-0.3, -0.25) is 9.59 Å². The van der Waals surface area contributed by atoms with Gasteiger partial charge in [-0.25, -0.2) is 4.39 Å². The van der Waals surface area contributed by atoms with E-state index in [-0.39, 0.29) is 17.8 Å². The molecule has 1 aromatic carbocycles. The van der Waals surface area contributed by atoms with Crippen molar-refractivity contribution in [2.75, 3.05) is 12.0 Å². The molecule has 1 fully saturated rings. The molecule has 5 nitrogen and oxygen atoms in total. The third-order valence-corrected chi connectivity index (χ3v) is 4.12. The van der Waals surface area contributed by atoms with E-state index < -0.39 is 11.7 Å². The highest BCUT2D eigenvalue weighted by molar-refractivity contribution is 6.27. The summed E-state index contributed by atoms with van der Waals surface area (Å²) in [4.78, 5) is 23.0. The second kappa shape index (κ2) is 7.37. The number of aldehydes is 1. The minimum Gasteiger partial charge on any atom is -0.309 e. The lowest BCUT2D eigenvalue weighted by atomic mass is 9.85. The van der Waals surface area contributed by atoms with Crippen molar-refractivity contribution in [1.82, 2.24) is 10.7 Å². The van der Waals surface area contributed by atoms with Gasteiger partial charge in [0, 0.05) is 18.3 Å². The molecule has 1 saturated heterocycles. The second-order valence-electron chi connectivity index (χ2n) is 6.06. The van der Waals surface area contributed by atoms with Gasteiger partial charge in [0.05, 0.1) is 11.6 Å². The number of carbonyl (C=O) groups is 2. The summed E-state index contributed by atoms with van der Waals surface area (Å²) < 4.78 is 12.9. The van der Waals surface area contributed by atoms with Gasteiger partial charge >= 0.3 is 0 Å². The first-order valence-electron chi connectivity index (χ1n) is 7.63. The van der Waals surface area contributed by atoms with Crippen LogP contribution in [0.25, 0.3) is 0 Å². The van der Waals surface area contributed by atoms with Crippen LogP contribution in [0.3, 0.4) is 0 Å². The molecule has 2 atom stereocenters. The van der Waals surface area contributed by atoms with Gasteiger partial charge in [-0.15, -0.1) is 0 Å². The highest BCUT2D eigenvalue weighted by Crippen LogP contribution is 2.28. The Labute approximate surface area is 135 Å². The molecule has 0 aliphatic carbocycles. The van der Waals surface area contributed by atoms with E-state index in [2.05, 4.69) is 16.2 Å². The minimum atomic E-state index is -0.449. The number of ketones is 1. The average Bonchev–Trinajstić information content (AvgIpc) is 2.98. The van der Waals surface area contributed by atoms with Gasteiger partial charge in [-0.05, 0) is 42.7 Å². The summed E-state index contributed by atoms with van der Waals surface area (Å²) in [6.07, 6.45) is 0.397. The Morgan fingerprint density at radius 1 is 1.35 bits per heavy atom. The Kier molecular flexibility index (Phi) is 5.50. The maximum atomic E-state index is 12.9. The number of hydrogen-bond donors (Lipinski definition) is 3. The van der Waals surface area contributed by atoms with Crippen LogP contribution in [0.15, 0.2) is 35.5 Å². The molecule has 124 valence electrons. The highest BCUT2D eigenvalue weighted by Gasteiger charge is 2.39. The molecule has 0 spiro atoms. The van der Waals surface area contributed by atoms with E-state index in [9.17, 15) is 14.0 Å². The van der Waals surface area contributed by atoms with Gasteiger partial charge < -0.3 is 16.2 Å². The lowest BCUT2D eigenvalue weighted by molar-refractivity contribution is -0.132. The monoisotopic (exact) mass is 319 g/mol. The molecule has 2 unspecified atom stereocenters. The zero-order valence-electron chi connectivity index (χ0n) is 13.5. The number of carbonyl (C=O) groups excluding carboxylic acids is 2. The van der Waals surface area contributed by atoms with Crippen molar-refractivity contribution in [2.45, 2.75) is 26.8 Å². The first-order valence-corrected chi connectivity index (χ1v) is 7.63. The zero-order chi connectivity index (χ0) is 17.0. The number of rotatable bonds is 6. The molecule has 0 radical (unpaired) electrons. The molecular formula is C17H22FN3O2. The summed E-state index contributed by atoms with van der Waals surface area (Å²) in [5.74, 6) is -0.928. The van der Waals surface area contributed by atoms with Crippen molar-refractivity contribution in [1.29, 1.82) is 0 Å². The van der Waals surface area contributed by atoms with E-state index in [1.54, 1.807) is 12.1 Å². The van der Waals surface area contributed by atoms with Crippen molar-refractivity contribution in [3.63, 3.8) is 0 Å². The largest absolute Gasteiger partial charge is 0.309 e. The normalized spacial score (nSPS) is 22.8. The van der Waals surface area contributed by atoms with Crippen LogP contribution in [0.4, 0.5) is 10.1 Å². The Morgan fingerprint density at radius 2 is 2.00 bits per heavy atom. The molecule has 0 aromatic heterocycles. The predicted octanol–water partition coefficient (Wildman–Crippen LogP) is 2.03. The molecule has 0 amide bonds.